The number of hydrogen-bond acceptors (Lipinski definition) is 19. The highest BCUT2D eigenvalue weighted by Crippen LogP contribution is 2.51. The third-order valence-electron chi connectivity index (χ3n) is 16.7. The number of carbonyl (C=O) groups is 3. The second kappa shape index (κ2) is 40.8. The minimum absolute atomic E-state index is 0.163. The predicted octanol–water partition coefficient (Wildman–Crippen LogP) is 4.07. The number of nitrogens with one attached hydrogen (secondary N) is 2. The first-order valence-electron chi connectivity index (χ1n) is 31.5. The highest BCUT2D eigenvalue weighted by Gasteiger charge is 2.73. The Bertz CT molecular complexity index is 1830. The fourth-order valence-corrected chi connectivity index (χ4v) is 11.6. The van der Waals surface area contributed by atoms with Crippen molar-refractivity contribution < 1.29 is 108 Å². The van der Waals surface area contributed by atoms with Crippen LogP contribution in [0.1, 0.15) is 207 Å². The Labute approximate surface area is 496 Å². The first kappa shape index (κ1) is 75.6. The molecule has 14 N–H and O–H groups in total. The molecule has 3 aliphatic rings. The summed E-state index contributed by atoms with van der Waals surface area (Å²) in [6.45, 7) is 1.34. The predicted molar refractivity (Wildman–Crippen MR) is 305 cm³/mol. The first-order valence-corrected chi connectivity index (χ1v) is 31.5. The number of carboxylic acids is 1. The molecule has 0 aliphatic carbocycles. The van der Waals surface area contributed by atoms with Gasteiger partial charge in [-0.05, 0) is 19.3 Å². The third-order valence-corrected chi connectivity index (χ3v) is 16.7. The Morgan fingerprint density at radius 1 is 0.667 bits per heavy atom. The van der Waals surface area contributed by atoms with Gasteiger partial charge in [-0.2, -0.15) is 0 Å². The van der Waals surface area contributed by atoms with Gasteiger partial charge < -0.3 is 95.6 Å². The summed E-state index contributed by atoms with van der Waals surface area (Å²) in [6, 6.07) is -2.95. The average molecular weight is 1220 g/mol. The molecule has 0 saturated carbocycles. The van der Waals surface area contributed by atoms with Gasteiger partial charge >= 0.3 is 5.97 Å². The molecule has 3 fully saturated rings. The standard InChI is InChI=1S/C60H108F2N2O20/c1-4-6-8-10-12-14-16-18-19-21-23-25-27-29-31-33-46(72)64-40(41(69)32-30-28-26-24-22-20-17-15-13-11-9-7-5-2)38-80-56-53(77)52(76)54(45(37-67)82-56)83-57-51(75)47(50(74)44(36-66)81-57)60(61,62)59(58(78)79)34-42(70)48(63-39(3)68)55(84-59)49(73)43(71)35-65/h30,32,40-45,47-57,65-67,69-71,73-77H,4-29,31,33-38H2,1-3H3,(H,63,68)(H,64,72)(H,78,79)/b32-30-/t40-,41+,42-,43+,44+,45+,47-,48+,49+,50-,51+,52+,53+,54+,55+,56+,57-,59+/m0/s1. The van der Waals surface area contributed by atoms with Crippen molar-refractivity contribution in [1.29, 1.82) is 0 Å². The Morgan fingerprint density at radius 2 is 1.15 bits per heavy atom. The van der Waals surface area contributed by atoms with E-state index in [1.807, 2.05) is 6.08 Å². The zero-order valence-corrected chi connectivity index (χ0v) is 50.2. The molecule has 2 amide bonds. The van der Waals surface area contributed by atoms with E-state index in [1.165, 1.54) is 109 Å². The number of halogens is 2. The Kier molecular flexibility index (Phi) is 36.7. The number of carbonyl (C=O) groups excluding carboxylic acids is 2. The fraction of sp³-hybridized carbons (Fsp3) is 0.917. The number of aliphatic carboxylic acids is 1. The average Bonchev–Trinajstić information content (AvgIpc) is 1.22. The summed E-state index contributed by atoms with van der Waals surface area (Å²) in [6.07, 6.45) is 2.46. The van der Waals surface area contributed by atoms with Gasteiger partial charge in [0, 0.05) is 19.8 Å². The number of unbranched alkanes of at least 4 members (excludes halogenated alkanes) is 25. The summed E-state index contributed by atoms with van der Waals surface area (Å²) in [4.78, 5) is 38.4. The van der Waals surface area contributed by atoms with Crippen molar-refractivity contribution in [2.24, 2.45) is 5.92 Å². The van der Waals surface area contributed by atoms with Crippen LogP contribution in [-0.4, -0.2) is 215 Å². The molecule has 0 aromatic carbocycles. The maximum atomic E-state index is 17.3. The van der Waals surface area contributed by atoms with Gasteiger partial charge in [0.15, 0.2) is 12.6 Å². The summed E-state index contributed by atoms with van der Waals surface area (Å²) in [5.41, 5.74) is -4.02. The van der Waals surface area contributed by atoms with E-state index >= 15 is 8.78 Å². The number of aliphatic hydroxyl groups is 11. The number of alkyl halides is 2. The smallest absolute Gasteiger partial charge is 0.342 e. The lowest BCUT2D eigenvalue weighted by Crippen LogP contribution is -2.75. The fourth-order valence-electron chi connectivity index (χ4n) is 11.6. The third kappa shape index (κ3) is 23.7. The molecule has 84 heavy (non-hydrogen) atoms. The maximum Gasteiger partial charge on any atom is 0.342 e. The quantitative estimate of drug-likeness (QED) is 0.0302. The van der Waals surface area contributed by atoms with E-state index in [1.54, 1.807) is 6.08 Å². The zero-order chi connectivity index (χ0) is 62.2. The molecule has 492 valence electrons. The zero-order valence-electron chi connectivity index (χ0n) is 50.2. The lowest BCUT2D eigenvalue weighted by atomic mass is 9.71. The summed E-state index contributed by atoms with van der Waals surface area (Å²) >= 11 is 0. The molecule has 0 unspecified atom stereocenters. The van der Waals surface area contributed by atoms with Crippen molar-refractivity contribution >= 4 is 17.8 Å². The molecule has 0 aromatic rings. The maximum absolute atomic E-state index is 17.3. The van der Waals surface area contributed by atoms with Crippen molar-refractivity contribution in [2.45, 2.75) is 316 Å². The van der Waals surface area contributed by atoms with E-state index < -0.39 is 160 Å². The molecule has 0 bridgehead atoms. The van der Waals surface area contributed by atoms with Crippen LogP contribution < -0.4 is 10.6 Å². The number of ether oxygens (including phenoxy) is 5. The van der Waals surface area contributed by atoms with Gasteiger partial charge in [-0.25, -0.2) is 13.6 Å². The van der Waals surface area contributed by atoms with Crippen molar-refractivity contribution in [2.75, 3.05) is 26.4 Å². The van der Waals surface area contributed by atoms with Crippen LogP contribution in [0.2, 0.25) is 0 Å². The summed E-state index contributed by atoms with van der Waals surface area (Å²) < 4.78 is 62.8. The number of rotatable bonds is 45. The molecular weight excluding hydrogens is 1110 g/mol. The Hall–Kier alpha value is -2.63. The van der Waals surface area contributed by atoms with Crippen LogP contribution in [0.15, 0.2) is 12.2 Å². The number of aliphatic hydroxyl groups excluding tert-OH is 11. The van der Waals surface area contributed by atoms with Gasteiger partial charge in [-0.3, -0.25) is 9.59 Å². The summed E-state index contributed by atoms with van der Waals surface area (Å²) in [5.74, 6) is -12.0. The molecule has 0 spiro atoms. The van der Waals surface area contributed by atoms with E-state index in [0.717, 1.165) is 58.3 Å². The van der Waals surface area contributed by atoms with Gasteiger partial charge in [0.05, 0.1) is 62.7 Å². The first-order chi connectivity index (χ1) is 40.2. The van der Waals surface area contributed by atoms with Gasteiger partial charge in [0.25, 0.3) is 5.92 Å². The molecule has 3 aliphatic heterocycles. The van der Waals surface area contributed by atoms with Crippen LogP contribution in [0.4, 0.5) is 8.78 Å². The molecule has 3 rings (SSSR count). The normalized spacial score (nSPS) is 30.0. The number of carboxylic acid groups (broad SMARTS) is 1. The van der Waals surface area contributed by atoms with Crippen LogP contribution in [0, 0.1) is 5.92 Å². The highest BCUT2D eigenvalue weighted by atomic mass is 19.3. The summed E-state index contributed by atoms with van der Waals surface area (Å²) in [5, 5.41) is 135. The molecule has 24 heteroatoms. The Balaban J connectivity index is 1.72. The van der Waals surface area contributed by atoms with Crippen LogP contribution in [0.3, 0.4) is 0 Å². The highest BCUT2D eigenvalue weighted by molar-refractivity contribution is 5.80. The minimum atomic E-state index is -5.08. The van der Waals surface area contributed by atoms with Gasteiger partial charge in [-0.15, -0.1) is 0 Å². The molecule has 0 aromatic heterocycles. The van der Waals surface area contributed by atoms with Crippen molar-refractivity contribution in [3.05, 3.63) is 12.2 Å². The largest absolute Gasteiger partial charge is 0.479 e. The lowest BCUT2D eigenvalue weighted by Gasteiger charge is -2.54. The van der Waals surface area contributed by atoms with Crippen LogP contribution in [0.25, 0.3) is 0 Å². The van der Waals surface area contributed by atoms with Crippen molar-refractivity contribution in [1.82, 2.24) is 10.6 Å². The van der Waals surface area contributed by atoms with E-state index in [4.69, 9.17) is 23.7 Å². The van der Waals surface area contributed by atoms with Gasteiger partial charge in [0.2, 0.25) is 17.4 Å². The van der Waals surface area contributed by atoms with Gasteiger partial charge in [-0.1, -0.05) is 180 Å². The van der Waals surface area contributed by atoms with Crippen molar-refractivity contribution in [3.8, 4) is 0 Å². The monoisotopic (exact) mass is 1210 g/mol. The lowest BCUT2D eigenvalue weighted by molar-refractivity contribution is -0.378. The number of allylic oxidation sites excluding steroid dienone is 1. The second-order valence-electron chi connectivity index (χ2n) is 23.6. The van der Waals surface area contributed by atoms with Crippen LogP contribution in [0.5, 0.6) is 0 Å². The molecule has 22 nitrogen and oxygen atoms in total. The second-order valence-corrected chi connectivity index (χ2v) is 23.6. The number of amides is 2. The van der Waals surface area contributed by atoms with E-state index in [-0.39, 0.29) is 12.3 Å². The molecule has 18 atom stereocenters. The van der Waals surface area contributed by atoms with Crippen molar-refractivity contribution in [3.63, 3.8) is 0 Å². The van der Waals surface area contributed by atoms with E-state index in [0.29, 0.717) is 12.8 Å². The van der Waals surface area contributed by atoms with Crippen LogP contribution >= 0.6 is 0 Å². The van der Waals surface area contributed by atoms with E-state index in [2.05, 4.69) is 24.5 Å². The van der Waals surface area contributed by atoms with E-state index in [9.17, 15) is 75.7 Å². The minimum Gasteiger partial charge on any atom is -0.479 e. The number of hydrogen-bond donors (Lipinski definition) is 14. The molecule has 0 radical (unpaired) electrons. The topological polar surface area (TPSA) is 364 Å². The Morgan fingerprint density at radius 3 is 1.63 bits per heavy atom. The molecule has 3 heterocycles. The van der Waals surface area contributed by atoms with Gasteiger partial charge in [0.1, 0.15) is 54.9 Å². The van der Waals surface area contributed by atoms with Crippen LogP contribution in [-0.2, 0) is 38.1 Å². The molecule has 3 saturated heterocycles. The summed E-state index contributed by atoms with van der Waals surface area (Å²) in [7, 11) is 0. The SMILES string of the molecule is CCCCCCCCCCCCC/C=C\[C@@H](O)[C@H](CO[C@@H]1O[C@H](CO)[C@@H](O[C@@H]2O[C@H](CO)[C@H](O)[C@H](C(F)(F)[C@]3(C(=O)O)C[C@H](O)[C@@H](NC(C)=O)[C@H]([C@H](O)[C@H](O)CO)O3)[C@H]2O)[C@H](O)[C@H]1O)NC(=O)CCCCCCCCCCCCCCCCC. The molecular formula is C60H108F2N2O20.